The van der Waals surface area contributed by atoms with Gasteiger partial charge in [-0.3, -0.25) is 9.89 Å². The molecule has 1 atom stereocenters. The molecule has 3 aromatic rings. The number of nitrogens with zero attached hydrogens (tertiary/aromatic N) is 4. The smallest absolute Gasteiger partial charge is 0.355 e. The number of hydrogen-bond donors (Lipinski definition) is 1. The highest BCUT2D eigenvalue weighted by atomic mass is 19.4. The van der Waals surface area contributed by atoms with Crippen LogP contribution in [0.3, 0.4) is 0 Å². The molecule has 4 rings (SSSR count). The van der Waals surface area contributed by atoms with Gasteiger partial charge in [-0.15, -0.1) is 0 Å². The van der Waals surface area contributed by atoms with Gasteiger partial charge in [0.05, 0.1) is 17.2 Å². The predicted octanol–water partition coefficient (Wildman–Crippen LogP) is 4.94. The van der Waals surface area contributed by atoms with Crippen LogP contribution < -0.4 is 4.90 Å². The molecule has 0 aliphatic carbocycles. The quantitative estimate of drug-likeness (QED) is 0.478. The van der Waals surface area contributed by atoms with Gasteiger partial charge in [-0.05, 0) is 56.0 Å². The van der Waals surface area contributed by atoms with E-state index in [0.29, 0.717) is 50.0 Å². The van der Waals surface area contributed by atoms with Gasteiger partial charge in [-0.2, -0.15) is 18.3 Å². The number of rotatable bonds is 7. The minimum Gasteiger partial charge on any atom is -0.355 e. The molecule has 1 saturated heterocycles. The fourth-order valence-corrected chi connectivity index (χ4v) is 4.46. The van der Waals surface area contributed by atoms with Crippen LogP contribution in [0.5, 0.6) is 0 Å². The molecule has 1 aromatic carbocycles. The van der Waals surface area contributed by atoms with E-state index in [1.165, 1.54) is 24.4 Å². The van der Waals surface area contributed by atoms with Crippen LogP contribution >= 0.6 is 0 Å². The maximum absolute atomic E-state index is 13.4. The van der Waals surface area contributed by atoms with Crippen molar-refractivity contribution in [2.75, 3.05) is 31.6 Å². The Labute approximate surface area is 201 Å². The minimum atomic E-state index is -4.50. The van der Waals surface area contributed by atoms with E-state index < -0.39 is 11.7 Å². The number of hydrogen-bond acceptors (Lipinski definition) is 4. The number of aryl methyl sites for hydroxylation is 1. The fourth-order valence-electron chi connectivity index (χ4n) is 4.46. The van der Waals surface area contributed by atoms with Gasteiger partial charge in [-0.1, -0.05) is 12.1 Å². The summed E-state index contributed by atoms with van der Waals surface area (Å²) < 4.78 is 53.7. The molecule has 35 heavy (non-hydrogen) atoms. The molecule has 10 heteroatoms. The van der Waals surface area contributed by atoms with Gasteiger partial charge in [-0.25, -0.2) is 9.37 Å². The van der Waals surface area contributed by atoms with Gasteiger partial charge in [0.1, 0.15) is 11.6 Å². The Kier molecular flexibility index (Phi) is 7.37. The maximum Gasteiger partial charge on any atom is 0.419 e. The minimum absolute atomic E-state index is 0.0794. The van der Waals surface area contributed by atoms with E-state index in [4.69, 9.17) is 0 Å². The molecule has 0 bridgehead atoms. The number of aromatic nitrogens is 3. The molecule has 6 nitrogen and oxygen atoms in total. The zero-order valence-corrected chi connectivity index (χ0v) is 19.4. The summed E-state index contributed by atoms with van der Waals surface area (Å²) in [6, 6.07) is 10.4. The van der Waals surface area contributed by atoms with Crippen LogP contribution in [0.2, 0.25) is 0 Å². The lowest BCUT2D eigenvalue weighted by atomic mass is 9.96. The van der Waals surface area contributed by atoms with Gasteiger partial charge in [0.15, 0.2) is 0 Å². The first-order valence-electron chi connectivity index (χ1n) is 11.5. The van der Waals surface area contributed by atoms with Crippen molar-refractivity contribution in [2.24, 2.45) is 5.92 Å². The average molecular weight is 490 g/mol. The van der Waals surface area contributed by atoms with E-state index >= 15 is 0 Å². The van der Waals surface area contributed by atoms with Crippen molar-refractivity contribution in [1.82, 2.24) is 20.1 Å². The molecule has 1 N–H and O–H groups in total. The molecule has 1 aliphatic heterocycles. The molecule has 0 spiro atoms. The van der Waals surface area contributed by atoms with Crippen molar-refractivity contribution in [3.05, 3.63) is 65.7 Å². The lowest BCUT2D eigenvalue weighted by molar-refractivity contribution is -0.137. The van der Waals surface area contributed by atoms with E-state index in [2.05, 4.69) is 15.2 Å². The Balaban J connectivity index is 1.31. The van der Waals surface area contributed by atoms with Gasteiger partial charge in [0.25, 0.3) is 0 Å². The molecule has 1 fully saturated rings. The molecule has 3 heterocycles. The van der Waals surface area contributed by atoms with Crippen LogP contribution in [0.25, 0.3) is 11.3 Å². The number of halogens is 4. The summed E-state index contributed by atoms with van der Waals surface area (Å²) in [4.78, 5) is 20.2. The van der Waals surface area contributed by atoms with E-state index in [0.717, 1.165) is 11.8 Å². The number of aromatic amines is 1. The van der Waals surface area contributed by atoms with Crippen LogP contribution in [-0.2, 0) is 17.4 Å². The highest BCUT2D eigenvalue weighted by Crippen LogP contribution is 2.36. The Morgan fingerprint density at radius 3 is 2.83 bits per heavy atom. The third-order valence-corrected chi connectivity index (χ3v) is 6.23. The second kappa shape index (κ2) is 10.5. The van der Waals surface area contributed by atoms with Crippen LogP contribution in [0.1, 0.15) is 30.5 Å². The van der Waals surface area contributed by atoms with Crippen LogP contribution in [0.4, 0.5) is 23.4 Å². The Hall–Kier alpha value is -3.43. The molecule has 186 valence electrons. The summed E-state index contributed by atoms with van der Waals surface area (Å²) in [5.41, 5.74) is 1.43. The van der Waals surface area contributed by atoms with Gasteiger partial charge >= 0.3 is 6.18 Å². The lowest BCUT2D eigenvalue weighted by Crippen LogP contribution is -2.44. The number of piperidine rings is 1. The summed E-state index contributed by atoms with van der Waals surface area (Å²) in [5, 5.41) is 7.18. The number of carbonyl (C=O) groups excluding carboxylic acids is 1. The molecule has 0 saturated carbocycles. The first-order valence-corrected chi connectivity index (χ1v) is 11.5. The molecule has 1 unspecified atom stereocenters. The van der Waals surface area contributed by atoms with Crippen LogP contribution in [0, 0.1) is 11.7 Å². The summed E-state index contributed by atoms with van der Waals surface area (Å²) in [5.74, 6) is -0.910. The lowest BCUT2D eigenvalue weighted by Gasteiger charge is -2.35. The summed E-state index contributed by atoms with van der Waals surface area (Å²) in [6.45, 7) is 1.14. The van der Waals surface area contributed by atoms with Gasteiger partial charge < -0.3 is 9.80 Å². The average Bonchev–Trinajstić information content (AvgIpc) is 3.32. The SMILES string of the molecule is CN(CCCc1cc(-c2cccc(F)c2)n[nH]1)C(=O)C1CCCN(c2ncccc2C(F)(F)F)C1. The standard InChI is InChI=1S/C25H27F4N5O/c1-33(12-5-9-20-15-22(32-31-20)17-6-2-8-19(26)14-17)24(35)18-7-4-13-34(16-18)23-21(25(27,28)29)10-3-11-30-23/h2-3,6,8,10-11,14-15,18H,4-5,7,9,12-13,16H2,1H3,(H,31,32). The van der Waals surface area contributed by atoms with Crippen molar-refractivity contribution >= 4 is 11.7 Å². The first-order chi connectivity index (χ1) is 16.7. The largest absolute Gasteiger partial charge is 0.419 e. The number of pyridine rings is 1. The number of H-pyrrole nitrogens is 1. The second-order valence-electron chi connectivity index (χ2n) is 8.81. The molecule has 1 aliphatic rings. The molecule has 0 radical (unpaired) electrons. The van der Waals surface area contributed by atoms with Crippen LogP contribution in [-0.4, -0.2) is 52.7 Å². The van der Waals surface area contributed by atoms with Gasteiger partial charge in [0, 0.05) is 44.1 Å². The van der Waals surface area contributed by atoms with Crippen LogP contribution in [0.15, 0.2) is 48.7 Å². The molecule has 1 amide bonds. The normalized spacial score (nSPS) is 16.4. The second-order valence-corrected chi connectivity index (χ2v) is 8.81. The third-order valence-electron chi connectivity index (χ3n) is 6.23. The molecular weight excluding hydrogens is 462 g/mol. The summed E-state index contributed by atoms with van der Waals surface area (Å²) in [6.07, 6.45) is -0.572. The van der Waals surface area contributed by atoms with E-state index in [1.807, 2.05) is 6.07 Å². The monoisotopic (exact) mass is 489 g/mol. The zero-order valence-electron chi connectivity index (χ0n) is 19.4. The Morgan fingerprint density at radius 1 is 1.23 bits per heavy atom. The Morgan fingerprint density at radius 2 is 2.06 bits per heavy atom. The fraction of sp³-hybridized carbons (Fsp3) is 0.400. The van der Waals surface area contributed by atoms with Crippen molar-refractivity contribution in [3.63, 3.8) is 0 Å². The van der Waals surface area contributed by atoms with Crippen molar-refractivity contribution in [1.29, 1.82) is 0 Å². The molecule has 2 aromatic heterocycles. The maximum atomic E-state index is 13.4. The first kappa shape index (κ1) is 24.7. The van der Waals surface area contributed by atoms with E-state index in [-0.39, 0.29) is 30.0 Å². The number of nitrogens with one attached hydrogen (secondary N) is 1. The third kappa shape index (κ3) is 5.98. The molecular formula is C25H27F4N5O. The van der Waals surface area contributed by atoms with Crippen molar-refractivity contribution < 1.29 is 22.4 Å². The number of amides is 1. The summed E-state index contributed by atoms with van der Waals surface area (Å²) >= 11 is 0. The van der Waals surface area contributed by atoms with E-state index in [1.54, 1.807) is 29.0 Å². The highest BCUT2D eigenvalue weighted by molar-refractivity contribution is 5.79. The summed E-state index contributed by atoms with van der Waals surface area (Å²) in [7, 11) is 1.72. The Bertz CT molecular complexity index is 1160. The highest BCUT2D eigenvalue weighted by Gasteiger charge is 2.37. The number of carbonyl (C=O) groups is 1. The van der Waals surface area contributed by atoms with Crippen molar-refractivity contribution in [2.45, 2.75) is 31.9 Å². The van der Waals surface area contributed by atoms with Gasteiger partial charge in [0.2, 0.25) is 5.91 Å². The topological polar surface area (TPSA) is 65.1 Å². The van der Waals surface area contributed by atoms with E-state index in [9.17, 15) is 22.4 Å². The number of alkyl halides is 3. The predicted molar refractivity (Wildman–Crippen MR) is 124 cm³/mol. The number of anilines is 1. The number of benzene rings is 1. The zero-order chi connectivity index (χ0) is 25.0. The van der Waals surface area contributed by atoms with Crippen molar-refractivity contribution in [3.8, 4) is 11.3 Å².